The highest BCUT2D eigenvalue weighted by atomic mass is 16.1. The third kappa shape index (κ3) is 3.13. The molecule has 0 aromatic carbocycles. The topological polar surface area (TPSA) is 88.5 Å². The number of carbonyl (C=O) groups excluding carboxylic acids is 1. The van der Waals surface area contributed by atoms with Gasteiger partial charge in [0.2, 0.25) is 5.91 Å². The summed E-state index contributed by atoms with van der Waals surface area (Å²) in [6.45, 7) is 0. The van der Waals surface area contributed by atoms with Crippen molar-refractivity contribution in [2.45, 2.75) is 25.2 Å². The number of anilines is 1. The number of aromatic amines is 1. The lowest BCUT2D eigenvalue weighted by molar-refractivity contribution is -0.115. The van der Waals surface area contributed by atoms with E-state index < -0.39 is 0 Å². The van der Waals surface area contributed by atoms with Gasteiger partial charge in [0.25, 0.3) is 0 Å². The maximum Gasteiger partial charge on any atom is 0.231 e. The van der Waals surface area contributed by atoms with Crippen LogP contribution in [0.25, 0.3) is 5.82 Å². The number of hydrogen-bond acceptors (Lipinski definition) is 4. The number of H-pyrrole nitrogens is 1. The Morgan fingerprint density at radius 3 is 3.04 bits per heavy atom. The molecule has 0 radical (unpaired) electrons. The first-order valence-electron chi connectivity index (χ1n) is 7.59. The smallest absolute Gasteiger partial charge is 0.231 e. The molecule has 1 aliphatic rings. The molecule has 7 heteroatoms. The van der Waals surface area contributed by atoms with Crippen LogP contribution in [0, 0.1) is 0 Å². The number of hydrogen-bond donors (Lipinski definition) is 2. The lowest BCUT2D eigenvalue weighted by Gasteiger charge is -2.00. The quantitative estimate of drug-likeness (QED) is 0.755. The summed E-state index contributed by atoms with van der Waals surface area (Å²) in [5, 5.41) is 14.3. The largest absolute Gasteiger partial charge is 0.311 e. The van der Waals surface area contributed by atoms with Crippen LogP contribution in [0.2, 0.25) is 0 Å². The summed E-state index contributed by atoms with van der Waals surface area (Å²) in [6, 6.07) is 9.33. The Labute approximate surface area is 132 Å². The van der Waals surface area contributed by atoms with Crippen LogP contribution in [0.15, 0.2) is 42.7 Å². The molecule has 1 amide bonds. The van der Waals surface area contributed by atoms with E-state index in [4.69, 9.17) is 0 Å². The SMILES string of the molecule is O=C(Cc1ccn(-c2ccccn2)n1)Nc1cc(C2CC2)n[nH]1. The highest BCUT2D eigenvalue weighted by Crippen LogP contribution is 2.39. The first-order chi connectivity index (χ1) is 11.3. The van der Waals surface area contributed by atoms with Crippen LogP contribution >= 0.6 is 0 Å². The second-order valence-electron chi connectivity index (χ2n) is 5.65. The van der Waals surface area contributed by atoms with Crippen molar-refractivity contribution < 1.29 is 4.79 Å². The van der Waals surface area contributed by atoms with Crippen LogP contribution < -0.4 is 5.32 Å². The maximum absolute atomic E-state index is 12.1. The maximum atomic E-state index is 12.1. The van der Waals surface area contributed by atoms with Crippen molar-refractivity contribution >= 4 is 11.7 Å². The van der Waals surface area contributed by atoms with Gasteiger partial charge in [-0.2, -0.15) is 10.2 Å². The fourth-order valence-corrected chi connectivity index (χ4v) is 2.42. The number of aromatic nitrogens is 5. The van der Waals surface area contributed by atoms with E-state index >= 15 is 0 Å². The molecule has 3 aromatic heterocycles. The zero-order chi connectivity index (χ0) is 15.6. The second-order valence-corrected chi connectivity index (χ2v) is 5.65. The minimum absolute atomic E-state index is 0.123. The molecule has 1 fully saturated rings. The monoisotopic (exact) mass is 308 g/mol. The van der Waals surface area contributed by atoms with Crippen molar-refractivity contribution in [3.05, 3.63) is 54.1 Å². The zero-order valence-corrected chi connectivity index (χ0v) is 12.4. The molecule has 2 N–H and O–H groups in total. The summed E-state index contributed by atoms with van der Waals surface area (Å²) in [4.78, 5) is 16.3. The Balaban J connectivity index is 1.39. The van der Waals surface area contributed by atoms with Crippen LogP contribution in [-0.2, 0) is 11.2 Å². The van der Waals surface area contributed by atoms with Crippen LogP contribution in [0.4, 0.5) is 5.82 Å². The number of pyridine rings is 1. The van der Waals surface area contributed by atoms with E-state index in [1.165, 1.54) is 12.8 Å². The van der Waals surface area contributed by atoms with Gasteiger partial charge in [-0.1, -0.05) is 6.07 Å². The Bertz CT molecular complexity index is 818. The lowest BCUT2D eigenvalue weighted by Crippen LogP contribution is -2.15. The minimum Gasteiger partial charge on any atom is -0.311 e. The molecule has 0 aliphatic heterocycles. The Morgan fingerprint density at radius 2 is 2.26 bits per heavy atom. The van der Waals surface area contributed by atoms with Gasteiger partial charge in [0.15, 0.2) is 5.82 Å². The van der Waals surface area contributed by atoms with E-state index in [0.717, 1.165) is 11.5 Å². The Morgan fingerprint density at radius 1 is 1.35 bits per heavy atom. The van der Waals surface area contributed by atoms with E-state index in [2.05, 4.69) is 25.6 Å². The minimum atomic E-state index is -0.123. The Kier molecular flexibility index (Phi) is 3.38. The third-order valence-corrected chi connectivity index (χ3v) is 3.74. The molecule has 1 saturated carbocycles. The molecule has 3 aromatic rings. The van der Waals surface area contributed by atoms with Crippen LogP contribution in [0.1, 0.15) is 30.1 Å². The summed E-state index contributed by atoms with van der Waals surface area (Å²) in [5.74, 6) is 1.80. The molecule has 0 unspecified atom stereocenters. The molecule has 4 rings (SSSR count). The first kappa shape index (κ1) is 13.7. The summed E-state index contributed by atoms with van der Waals surface area (Å²) in [6.07, 6.45) is 6.08. The molecule has 23 heavy (non-hydrogen) atoms. The summed E-state index contributed by atoms with van der Waals surface area (Å²) >= 11 is 0. The van der Waals surface area contributed by atoms with Gasteiger partial charge < -0.3 is 5.32 Å². The van der Waals surface area contributed by atoms with E-state index in [9.17, 15) is 4.79 Å². The van der Waals surface area contributed by atoms with Gasteiger partial charge in [-0.3, -0.25) is 9.89 Å². The molecular formula is C16H16N6O. The first-order valence-corrected chi connectivity index (χ1v) is 7.59. The normalized spacial score (nSPS) is 13.9. The van der Waals surface area contributed by atoms with Gasteiger partial charge in [-0.15, -0.1) is 0 Å². The van der Waals surface area contributed by atoms with Crippen LogP contribution in [0.3, 0.4) is 0 Å². The number of carbonyl (C=O) groups is 1. The lowest BCUT2D eigenvalue weighted by atomic mass is 10.3. The van der Waals surface area contributed by atoms with Gasteiger partial charge in [0.05, 0.1) is 17.8 Å². The predicted molar refractivity (Wildman–Crippen MR) is 84.3 cm³/mol. The van der Waals surface area contributed by atoms with Crippen LogP contribution in [0.5, 0.6) is 0 Å². The zero-order valence-electron chi connectivity index (χ0n) is 12.4. The number of nitrogens with zero attached hydrogens (tertiary/aromatic N) is 4. The summed E-state index contributed by atoms with van der Waals surface area (Å²) in [7, 11) is 0. The summed E-state index contributed by atoms with van der Waals surface area (Å²) < 4.78 is 1.66. The van der Waals surface area contributed by atoms with Gasteiger partial charge in [0.1, 0.15) is 5.82 Å². The van der Waals surface area contributed by atoms with Gasteiger partial charge in [0, 0.05) is 24.4 Å². The molecule has 1 aliphatic carbocycles. The van der Waals surface area contributed by atoms with E-state index in [0.29, 0.717) is 17.4 Å². The van der Waals surface area contributed by atoms with E-state index in [-0.39, 0.29) is 12.3 Å². The predicted octanol–water partition coefficient (Wildman–Crippen LogP) is 2.05. The number of rotatable bonds is 5. The van der Waals surface area contributed by atoms with Gasteiger partial charge in [-0.25, -0.2) is 9.67 Å². The molecule has 116 valence electrons. The van der Waals surface area contributed by atoms with Crippen molar-refractivity contribution in [2.75, 3.05) is 5.32 Å². The number of nitrogens with one attached hydrogen (secondary N) is 2. The van der Waals surface area contributed by atoms with Gasteiger partial charge >= 0.3 is 0 Å². The third-order valence-electron chi connectivity index (χ3n) is 3.74. The fraction of sp³-hybridized carbons (Fsp3) is 0.250. The molecular weight excluding hydrogens is 292 g/mol. The van der Waals surface area contributed by atoms with Gasteiger partial charge in [-0.05, 0) is 31.0 Å². The molecule has 0 atom stereocenters. The molecule has 7 nitrogen and oxygen atoms in total. The van der Waals surface area contributed by atoms with E-state index in [1.807, 2.05) is 30.3 Å². The fourth-order valence-electron chi connectivity index (χ4n) is 2.42. The second kappa shape index (κ2) is 5.68. The molecule has 0 saturated heterocycles. The molecule has 3 heterocycles. The van der Waals surface area contributed by atoms with E-state index in [1.54, 1.807) is 17.1 Å². The highest BCUT2D eigenvalue weighted by molar-refractivity contribution is 5.91. The standard InChI is InChI=1S/C16H16N6O/c23-16(18-14-10-13(19-20-14)11-4-5-11)9-12-6-8-22(21-12)15-3-1-2-7-17-15/h1-3,6-8,10-11H,4-5,9H2,(H2,18,19,20,23). The van der Waals surface area contributed by atoms with Crippen molar-refractivity contribution in [3.8, 4) is 5.82 Å². The average Bonchev–Trinajstić information content (AvgIpc) is 3.14. The van der Waals surface area contributed by atoms with Crippen molar-refractivity contribution in [3.63, 3.8) is 0 Å². The Hall–Kier alpha value is -2.96. The van der Waals surface area contributed by atoms with Crippen LogP contribution in [-0.4, -0.2) is 30.9 Å². The summed E-state index contributed by atoms with van der Waals surface area (Å²) in [5.41, 5.74) is 1.72. The van der Waals surface area contributed by atoms with Crippen molar-refractivity contribution in [2.24, 2.45) is 0 Å². The number of amides is 1. The van der Waals surface area contributed by atoms with Crippen molar-refractivity contribution in [1.82, 2.24) is 25.0 Å². The molecule has 0 bridgehead atoms. The van der Waals surface area contributed by atoms with Crippen molar-refractivity contribution in [1.29, 1.82) is 0 Å². The molecule has 0 spiro atoms. The highest BCUT2D eigenvalue weighted by Gasteiger charge is 2.26. The average molecular weight is 308 g/mol.